The van der Waals surface area contributed by atoms with Crippen LogP contribution in [0.4, 0.5) is 0 Å². The molecule has 1 aliphatic heterocycles. The van der Waals surface area contributed by atoms with E-state index in [0.717, 1.165) is 12.8 Å². The lowest BCUT2D eigenvalue weighted by Crippen LogP contribution is -2.55. The van der Waals surface area contributed by atoms with Crippen LogP contribution in [-0.4, -0.2) is 41.9 Å². The van der Waals surface area contributed by atoms with E-state index in [9.17, 15) is 9.59 Å². The minimum atomic E-state index is -0.532. The van der Waals surface area contributed by atoms with Crippen LogP contribution in [0.3, 0.4) is 0 Å². The number of benzene rings is 1. The Hall–Kier alpha value is -1.88. The minimum Gasteiger partial charge on any atom is -0.340 e. The normalized spacial score (nSPS) is 19.3. The predicted octanol–water partition coefficient (Wildman–Crippen LogP) is 2.69. The molecule has 0 saturated carbocycles. The number of nitrogens with one attached hydrogen (secondary N) is 1. The van der Waals surface area contributed by atoms with Crippen LogP contribution in [0.5, 0.6) is 0 Å². The standard InChI is InChI=1S/C21H33N3O2/c1-14(2)18(20(26)24-12-6-7-17(22)13-24)23-19(25)15-8-10-16(11-9-15)21(3,4)5/h8-11,14,17-18H,6-7,12-13,22H2,1-5H3,(H,23,25). The fraction of sp³-hybridized carbons (Fsp3) is 0.619. The zero-order chi connectivity index (χ0) is 19.5. The van der Waals surface area contributed by atoms with Gasteiger partial charge in [-0.3, -0.25) is 9.59 Å². The lowest BCUT2D eigenvalue weighted by molar-refractivity contribution is -0.135. The van der Waals surface area contributed by atoms with Crippen molar-refractivity contribution in [1.82, 2.24) is 10.2 Å². The third-order valence-electron chi connectivity index (χ3n) is 5.00. The Kier molecular flexibility index (Phi) is 6.45. The van der Waals surface area contributed by atoms with Crippen LogP contribution in [0.1, 0.15) is 63.4 Å². The summed E-state index contributed by atoms with van der Waals surface area (Å²) in [6, 6.07) is 7.11. The van der Waals surface area contributed by atoms with Gasteiger partial charge in [-0.1, -0.05) is 46.8 Å². The number of likely N-dealkylation sites (tertiary alicyclic amines) is 1. The molecule has 0 aliphatic carbocycles. The summed E-state index contributed by atoms with van der Waals surface area (Å²) < 4.78 is 0. The highest BCUT2D eigenvalue weighted by atomic mass is 16.2. The molecule has 1 aromatic carbocycles. The van der Waals surface area contributed by atoms with Gasteiger partial charge in [0.1, 0.15) is 6.04 Å². The third kappa shape index (κ3) is 5.07. The average molecular weight is 360 g/mol. The highest BCUT2D eigenvalue weighted by molar-refractivity contribution is 5.97. The molecule has 0 radical (unpaired) electrons. The molecule has 0 bridgehead atoms. The molecule has 5 heteroatoms. The van der Waals surface area contributed by atoms with Gasteiger partial charge in [0.15, 0.2) is 0 Å². The Labute approximate surface area is 157 Å². The van der Waals surface area contributed by atoms with Crippen LogP contribution in [0.25, 0.3) is 0 Å². The maximum atomic E-state index is 12.9. The highest BCUT2D eigenvalue weighted by Gasteiger charge is 2.31. The van der Waals surface area contributed by atoms with Gasteiger partial charge in [-0.15, -0.1) is 0 Å². The molecule has 3 N–H and O–H groups in total. The van der Waals surface area contributed by atoms with Gasteiger partial charge in [0.2, 0.25) is 5.91 Å². The molecule has 5 nitrogen and oxygen atoms in total. The molecule has 0 spiro atoms. The van der Waals surface area contributed by atoms with Crippen LogP contribution in [-0.2, 0) is 10.2 Å². The molecule has 0 aromatic heterocycles. The van der Waals surface area contributed by atoms with Crippen LogP contribution in [0.15, 0.2) is 24.3 Å². The summed E-state index contributed by atoms with van der Waals surface area (Å²) in [6.07, 6.45) is 1.86. The van der Waals surface area contributed by atoms with Crippen molar-refractivity contribution in [3.8, 4) is 0 Å². The van der Waals surface area contributed by atoms with Gasteiger partial charge in [0, 0.05) is 24.7 Å². The van der Waals surface area contributed by atoms with Crippen LogP contribution in [0.2, 0.25) is 0 Å². The average Bonchev–Trinajstić information content (AvgIpc) is 2.58. The molecule has 2 rings (SSSR count). The summed E-state index contributed by atoms with van der Waals surface area (Å²) >= 11 is 0. The summed E-state index contributed by atoms with van der Waals surface area (Å²) in [4.78, 5) is 27.4. The van der Waals surface area contributed by atoms with E-state index in [4.69, 9.17) is 5.73 Å². The fourth-order valence-corrected chi connectivity index (χ4v) is 3.27. The van der Waals surface area contributed by atoms with Crippen molar-refractivity contribution >= 4 is 11.8 Å². The summed E-state index contributed by atoms with van der Waals surface area (Å²) in [5, 5.41) is 2.93. The van der Waals surface area contributed by atoms with E-state index < -0.39 is 6.04 Å². The van der Waals surface area contributed by atoms with E-state index in [1.54, 1.807) is 4.90 Å². The van der Waals surface area contributed by atoms with Gasteiger partial charge in [0.25, 0.3) is 5.91 Å². The van der Waals surface area contributed by atoms with Crippen molar-refractivity contribution in [3.05, 3.63) is 35.4 Å². The number of carbonyl (C=O) groups is 2. The van der Waals surface area contributed by atoms with Crippen molar-refractivity contribution in [1.29, 1.82) is 0 Å². The number of hydrogen-bond donors (Lipinski definition) is 2. The van der Waals surface area contributed by atoms with Gasteiger partial charge in [0.05, 0.1) is 0 Å². The first-order valence-electron chi connectivity index (χ1n) is 9.55. The van der Waals surface area contributed by atoms with E-state index in [1.165, 1.54) is 5.56 Å². The number of nitrogens with zero attached hydrogens (tertiary/aromatic N) is 1. The second-order valence-electron chi connectivity index (χ2n) is 8.71. The maximum absolute atomic E-state index is 12.9. The predicted molar refractivity (Wildman–Crippen MR) is 105 cm³/mol. The number of piperidine rings is 1. The van der Waals surface area contributed by atoms with Crippen molar-refractivity contribution in [2.45, 2.75) is 65.0 Å². The van der Waals surface area contributed by atoms with E-state index >= 15 is 0 Å². The molecule has 1 saturated heterocycles. The Morgan fingerprint density at radius 3 is 2.31 bits per heavy atom. The Balaban J connectivity index is 2.09. The van der Waals surface area contributed by atoms with Crippen LogP contribution in [0, 0.1) is 5.92 Å². The molecular formula is C21H33N3O2. The van der Waals surface area contributed by atoms with Crippen molar-refractivity contribution in [2.75, 3.05) is 13.1 Å². The van der Waals surface area contributed by atoms with Gasteiger partial charge in [-0.2, -0.15) is 0 Å². The number of nitrogens with two attached hydrogens (primary N) is 1. The maximum Gasteiger partial charge on any atom is 0.251 e. The molecule has 1 heterocycles. The van der Waals surface area contributed by atoms with Crippen molar-refractivity contribution in [3.63, 3.8) is 0 Å². The summed E-state index contributed by atoms with van der Waals surface area (Å²) in [5.74, 6) is -0.230. The highest BCUT2D eigenvalue weighted by Crippen LogP contribution is 2.22. The van der Waals surface area contributed by atoms with Crippen molar-refractivity contribution < 1.29 is 9.59 Å². The Morgan fingerprint density at radius 2 is 1.81 bits per heavy atom. The van der Waals surface area contributed by atoms with E-state index in [1.807, 2.05) is 38.1 Å². The van der Waals surface area contributed by atoms with E-state index in [2.05, 4.69) is 26.1 Å². The number of hydrogen-bond acceptors (Lipinski definition) is 3. The van der Waals surface area contributed by atoms with Gasteiger partial charge in [-0.05, 0) is 41.9 Å². The van der Waals surface area contributed by atoms with Crippen LogP contribution >= 0.6 is 0 Å². The number of rotatable bonds is 4. The smallest absolute Gasteiger partial charge is 0.251 e. The fourth-order valence-electron chi connectivity index (χ4n) is 3.27. The topological polar surface area (TPSA) is 75.4 Å². The van der Waals surface area contributed by atoms with Gasteiger partial charge < -0.3 is 16.0 Å². The molecular weight excluding hydrogens is 326 g/mol. The minimum absolute atomic E-state index is 0.0125. The van der Waals surface area contributed by atoms with Crippen LogP contribution < -0.4 is 11.1 Å². The van der Waals surface area contributed by atoms with Gasteiger partial charge >= 0.3 is 0 Å². The first-order valence-corrected chi connectivity index (χ1v) is 9.55. The molecule has 144 valence electrons. The quantitative estimate of drug-likeness (QED) is 0.868. The SMILES string of the molecule is CC(C)C(NC(=O)c1ccc(C(C)(C)C)cc1)C(=O)N1CCCC(N)C1. The Bertz CT molecular complexity index is 632. The first kappa shape index (κ1) is 20.4. The summed E-state index contributed by atoms with van der Waals surface area (Å²) in [7, 11) is 0. The zero-order valence-electron chi connectivity index (χ0n) is 16.7. The largest absolute Gasteiger partial charge is 0.340 e. The van der Waals surface area contributed by atoms with E-state index in [-0.39, 0.29) is 29.2 Å². The lowest BCUT2D eigenvalue weighted by Gasteiger charge is -2.34. The zero-order valence-corrected chi connectivity index (χ0v) is 16.7. The molecule has 2 unspecified atom stereocenters. The molecule has 1 aromatic rings. The number of amides is 2. The molecule has 2 atom stereocenters. The Morgan fingerprint density at radius 1 is 1.19 bits per heavy atom. The second kappa shape index (κ2) is 8.21. The molecule has 2 amide bonds. The molecule has 1 aliphatic rings. The molecule has 1 fully saturated rings. The van der Waals surface area contributed by atoms with Gasteiger partial charge in [-0.25, -0.2) is 0 Å². The number of carbonyl (C=O) groups excluding carboxylic acids is 2. The second-order valence-corrected chi connectivity index (χ2v) is 8.71. The van der Waals surface area contributed by atoms with Crippen molar-refractivity contribution in [2.24, 2.45) is 11.7 Å². The monoisotopic (exact) mass is 359 g/mol. The first-order chi connectivity index (χ1) is 12.1. The third-order valence-corrected chi connectivity index (χ3v) is 5.00. The summed E-state index contributed by atoms with van der Waals surface area (Å²) in [6.45, 7) is 11.6. The lowest BCUT2D eigenvalue weighted by atomic mass is 9.86. The summed E-state index contributed by atoms with van der Waals surface area (Å²) in [5.41, 5.74) is 7.79. The molecule has 26 heavy (non-hydrogen) atoms. The van der Waals surface area contributed by atoms with E-state index in [0.29, 0.717) is 18.7 Å².